The monoisotopic (exact) mass is 608 g/mol. The zero-order chi connectivity index (χ0) is 25.5. The van der Waals surface area contributed by atoms with Crippen LogP contribution >= 0.6 is 31.9 Å². The summed E-state index contributed by atoms with van der Waals surface area (Å²) in [4.78, 5) is 29.3. The average molecular weight is 610 g/mol. The smallest absolute Gasteiger partial charge is 0.260 e. The van der Waals surface area contributed by atoms with Crippen molar-refractivity contribution in [3.63, 3.8) is 0 Å². The molecule has 8 heteroatoms. The third-order valence-corrected chi connectivity index (χ3v) is 7.08. The van der Waals surface area contributed by atoms with Gasteiger partial charge in [0.05, 0.1) is 0 Å². The van der Waals surface area contributed by atoms with Crippen molar-refractivity contribution in [1.82, 2.24) is 9.80 Å². The molecule has 1 aliphatic rings. The fourth-order valence-electron chi connectivity index (χ4n) is 4.08. The molecule has 1 heterocycles. The Balaban J connectivity index is 1.52. The van der Waals surface area contributed by atoms with Crippen LogP contribution in [-0.4, -0.2) is 61.0 Å². The first-order valence-corrected chi connectivity index (χ1v) is 13.6. The van der Waals surface area contributed by atoms with E-state index in [9.17, 15) is 9.59 Å². The van der Waals surface area contributed by atoms with Crippen molar-refractivity contribution in [3.8, 4) is 11.5 Å². The van der Waals surface area contributed by atoms with Gasteiger partial charge >= 0.3 is 0 Å². The SMILES string of the molecule is CC(C)c1cc(Br)ccc1OCC(=O)N1CCCN(C(=O)COc2ccc(Br)cc2C(C)C)CC1. The minimum Gasteiger partial charge on any atom is -0.483 e. The number of hydrogen-bond acceptors (Lipinski definition) is 4. The highest BCUT2D eigenvalue weighted by Crippen LogP contribution is 2.30. The second-order valence-electron chi connectivity index (χ2n) is 9.37. The first-order chi connectivity index (χ1) is 16.7. The van der Waals surface area contributed by atoms with Crippen LogP contribution in [0.3, 0.4) is 0 Å². The third kappa shape index (κ3) is 7.71. The highest BCUT2D eigenvalue weighted by atomic mass is 79.9. The van der Waals surface area contributed by atoms with E-state index in [0.29, 0.717) is 26.2 Å². The standard InChI is InChI=1S/C27H34Br2N2O4/c1-18(2)22-14-20(28)6-8-24(22)34-16-26(32)30-10-5-11-31(13-12-30)27(33)17-35-25-9-7-21(29)15-23(25)19(3)4/h6-9,14-15,18-19H,5,10-13,16-17H2,1-4H3. The highest BCUT2D eigenvalue weighted by Gasteiger charge is 2.23. The molecule has 0 unspecified atom stereocenters. The molecule has 0 aromatic heterocycles. The summed E-state index contributed by atoms with van der Waals surface area (Å²) in [6, 6.07) is 11.7. The highest BCUT2D eigenvalue weighted by molar-refractivity contribution is 9.10. The van der Waals surface area contributed by atoms with Crippen molar-refractivity contribution in [2.75, 3.05) is 39.4 Å². The molecule has 0 N–H and O–H groups in total. The average Bonchev–Trinajstić information content (AvgIpc) is 3.08. The lowest BCUT2D eigenvalue weighted by Gasteiger charge is -2.23. The summed E-state index contributed by atoms with van der Waals surface area (Å²) < 4.78 is 13.8. The summed E-state index contributed by atoms with van der Waals surface area (Å²) in [6.07, 6.45) is 0.725. The van der Waals surface area contributed by atoms with Crippen molar-refractivity contribution in [2.45, 2.75) is 46.0 Å². The van der Waals surface area contributed by atoms with Gasteiger partial charge < -0.3 is 19.3 Å². The van der Waals surface area contributed by atoms with Gasteiger partial charge in [-0.15, -0.1) is 0 Å². The molecule has 0 bridgehead atoms. The first kappa shape index (κ1) is 27.5. The predicted octanol–water partition coefficient (Wildman–Crippen LogP) is 5.98. The summed E-state index contributed by atoms with van der Waals surface area (Å²) >= 11 is 6.99. The molecule has 2 amide bonds. The molecule has 0 saturated carbocycles. The molecule has 1 aliphatic heterocycles. The molecule has 35 heavy (non-hydrogen) atoms. The van der Waals surface area contributed by atoms with Gasteiger partial charge in [0, 0.05) is 35.1 Å². The number of carbonyl (C=O) groups is 2. The summed E-state index contributed by atoms with van der Waals surface area (Å²) in [7, 11) is 0. The molecule has 2 aromatic rings. The Morgan fingerprint density at radius 2 is 1.14 bits per heavy atom. The van der Waals surface area contributed by atoms with E-state index in [1.165, 1.54) is 0 Å². The molecule has 0 spiro atoms. The molecule has 190 valence electrons. The number of nitrogens with zero attached hydrogens (tertiary/aromatic N) is 2. The number of amides is 2. The van der Waals surface area contributed by atoms with Crippen molar-refractivity contribution in [1.29, 1.82) is 0 Å². The lowest BCUT2D eigenvalue weighted by molar-refractivity contribution is -0.135. The second kappa shape index (κ2) is 12.8. The number of ether oxygens (including phenoxy) is 2. The van der Waals surface area contributed by atoms with Crippen molar-refractivity contribution in [2.24, 2.45) is 0 Å². The maximum Gasteiger partial charge on any atom is 0.260 e. The van der Waals surface area contributed by atoms with Crippen molar-refractivity contribution < 1.29 is 19.1 Å². The minimum absolute atomic E-state index is 0.0139. The van der Waals surface area contributed by atoms with Gasteiger partial charge in [0.1, 0.15) is 11.5 Å². The second-order valence-corrected chi connectivity index (χ2v) is 11.2. The first-order valence-electron chi connectivity index (χ1n) is 12.1. The molecular formula is C27H34Br2N2O4. The molecule has 0 aliphatic carbocycles. The molecule has 6 nitrogen and oxygen atoms in total. The maximum absolute atomic E-state index is 12.8. The topological polar surface area (TPSA) is 59.1 Å². The zero-order valence-corrected chi connectivity index (χ0v) is 24.0. The van der Waals surface area contributed by atoms with E-state index in [-0.39, 0.29) is 36.9 Å². The van der Waals surface area contributed by atoms with Crippen LogP contribution in [0.5, 0.6) is 11.5 Å². The van der Waals surface area contributed by atoms with Gasteiger partial charge in [-0.1, -0.05) is 59.6 Å². The number of benzene rings is 2. The normalized spacial score (nSPS) is 14.3. The number of halogens is 2. The van der Waals surface area contributed by atoms with E-state index in [4.69, 9.17) is 9.47 Å². The molecular weight excluding hydrogens is 576 g/mol. The lowest BCUT2D eigenvalue weighted by Crippen LogP contribution is -2.40. The van der Waals surface area contributed by atoms with Gasteiger partial charge in [-0.25, -0.2) is 0 Å². The predicted molar refractivity (Wildman–Crippen MR) is 145 cm³/mol. The number of carbonyl (C=O) groups excluding carboxylic acids is 2. The summed E-state index contributed by atoms with van der Waals surface area (Å²) in [5, 5.41) is 0. The summed E-state index contributed by atoms with van der Waals surface area (Å²) in [5.41, 5.74) is 2.12. The molecule has 3 rings (SSSR count). The van der Waals surface area contributed by atoms with E-state index in [1.54, 1.807) is 9.80 Å². The number of rotatable bonds is 8. The molecule has 0 radical (unpaired) electrons. The van der Waals surface area contributed by atoms with E-state index in [1.807, 2.05) is 36.4 Å². The Morgan fingerprint density at radius 3 is 1.51 bits per heavy atom. The minimum atomic E-state index is -0.0652. The van der Waals surface area contributed by atoms with Gasteiger partial charge in [-0.3, -0.25) is 9.59 Å². The van der Waals surface area contributed by atoms with Crippen LogP contribution in [0, 0.1) is 0 Å². The molecule has 1 saturated heterocycles. The Hall–Kier alpha value is -2.06. The lowest BCUT2D eigenvalue weighted by atomic mass is 10.0. The van der Waals surface area contributed by atoms with Crippen molar-refractivity contribution in [3.05, 3.63) is 56.5 Å². The maximum atomic E-state index is 12.8. The fourth-order valence-corrected chi connectivity index (χ4v) is 4.84. The zero-order valence-electron chi connectivity index (χ0n) is 20.9. The van der Waals surface area contributed by atoms with Crippen LogP contribution in [0.1, 0.15) is 57.1 Å². The fraction of sp³-hybridized carbons (Fsp3) is 0.481. The van der Waals surface area contributed by atoms with Crippen LogP contribution in [0.4, 0.5) is 0 Å². The van der Waals surface area contributed by atoms with Gasteiger partial charge in [0.15, 0.2) is 13.2 Å². The van der Waals surface area contributed by atoms with Crippen LogP contribution in [0.2, 0.25) is 0 Å². The van der Waals surface area contributed by atoms with Crippen LogP contribution in [-0.2, 0) is 9.59 Å². The van der Waals surface area contributed by atoms with Gasteiger partial charge in [0.25, 0.3) is 11.8 Å². The Morgan fingerprint density at radius 1 is 0.743 bits per heavy atom. The quantitative estimate of drug-likeness (QED) is 0.370. The Bertz CT molecular complexity index is 960. The van der Waals surface area contributed by atoms with Gasteiger partial charge in [-0.05, 0) is 65.8 Å². The Labute approximate surface area is 225 Å². The van der Waals surface area contributed by atoms with Crippen LogP contribution in [0.15, 0.2) is 45.3 Å². The summed E-state index contributed by atoms with van der Waals surface area (Å²) in [5.74, 6) is 1.90. The Kier molecular flexibility index (Phi) is 10.0. The van der Waals surface area contributed by atoms with Gasteiger partial charge in [-0.2, -0.15) is 0 Å². The molecule has 1 fully saturated rings. The van der Waals surface area contributed by atoms with Crippen molar-refractivity contribution >= 4 is 43.7 Å². The van der Waals surface area contributed by atoms with Crippen LogP contribution in [0.25, 0.3) is 0 Å². The number of hydrogen-bond donors (Lipinski definition) is 0. The largest absolute Gasteiger partial charge is 0.483 e. The van der Waals surface area contributed by atoms with E-state index < -0.39 is 0 Å². The summed E-state index contributed by atoms with van der Waals surface area (Å²) in [6.45, 7) is 10.5. The van der Waals surface area contributed by atoms with E-state index >= 15 is 0 Å². The molecule has 2 aromatic carbocycles. The van der Waals surface area contributed by atoms with Crippen LogP contribution < -0.4 is 9.47 Å². The van der Waals surface area contributed by atoms with E-state index in [2.05, 4.69) is 59.6 Å². The van der Waals surface area contributed by atoms with Gasteiger partial charge in [0.2, 0.25) is 0 Å². The molecule has 0 atom stereocenters. The van der Waals surface area contributed by atoms with E-state index in [0.717, 1.165) is 38.0 Å². The third-order valence-electron chi connectivity index (χ3n) is 6.09.